The van der Waals surface area contributed by atoms with E-state index in [1.807, 2.05) is 0 Å². The van der Waals surface area contributed by atoms with Crippen molar-refractivity contribution in [3.8, 4) is 0 Å². The van der Waals surface area contributed by atoms with Crippen LogP contribution in [-0.2, 0) is 26.0 Å². The summed E-state index contributed by atoms with van der Waals surface area (Å²) in [5, 5.41) is 8.88. The topological polar surface area (TPSA) is 101 Å². The second-order valence-corrected chi connectivity index (χ2v) is 10.1. The zero-order valence-electron chi connectivity index (χ0n) is 15.3. The molecule has 6 nitrogen and oxygen atoms in total. The van der Waals surface area contributed by atoms with Gasteiger partial charge in [-0.05, 0) is 42.7 Å². The van der Waals surface area contributed by atoms with E-state index in [1.54, 1.807) is 13.0 Å². The third-order valence-corrected chi connectivity index (χ3v) is 7.39. The molecule has 0 radical (unpaired) electrons. The molecule has 0 saturated carbocycles. The van der Waals surface area contributed by atoms with Gasteiger partial charge in [0, 0.05) is 13.2 Å². The Hall–Kier alpha value is -1.95. The largest absolute Gasteiger partial charge is 0.417 e. The highest BCUT2D eigenvalue weighted by Crippen LogP contribution is 2.36. The lowest BCUT2D eigenvalue weighted by Gasteiger charge is -2.17. The molecule has 0 amide bonds. The van der Waals surface area contributed by atoms with Crippen LogP contribution in [0.4, 0.5) is 13.2 Å². The standard InChI is InChI=1S/C18H20F3NO5S2/c1-13(9-10-23)12-22-29(26,27)17-11-15(7-8-16(17)18(19,20)21)28(24,25)14-5-3-2-4-6-14/h2-8,11,13,22-23H,9-10,12H2,1H3. The first-order chi connectivity index (χ1) is 13.4. The first-order valence-electron chi connectivity index (χ1n) is 8.51. The number of benzene rings is 2. The molecule has 2 rings (SSSR count). The number of rotatable bonds is 8. The van der Waals surface area contributed by atoms with Gasteiger partial charge in [0.1, 0.15) is 0 Å². The van der Waals surface area contributed by atoms with E-state index in [2.05, 4.69) is 4.72 Å². The fourth-order valence-electron chi connectivity index (χ4n) is 2.51. The van der Waals surface area contributed by atoms with E-state index in [1.165, 1.54) is 24.3 Å². The lowest BCUT2D eigenvalue weighted by molar-refractivity contribution is -0.139. The second kappa shape index (κ2) is 8.82. The summed E-state index contributed by atoms with van der Waals surface area (Å²) in [6, 6.07) is 8.67. The number of aliphatic hydroxyl groups excluding tert-OH is 1. The summed E-state index contributed by atoms with van der Waals surface area (Å²) in [6.07, 6.45) is -4.76. The van der Waals surface area contributed by atoms with Crippen molar-refractivity contribution in [3.05, 3.63) is 54.1 Å². The summed E-state index contributed by atoms with van der Waals surface area (Å²) in [5.74, 6) is -0.333. The van der Waals surface area contributed by atoms with Crippen LogP contribution in [0.25, 0.3) is 0 Å². The fraction of sp³-hybridized carbons (Fsp3) is 0.333. The molecule has 0 bridgehead atoms. The van der Waals surface area contributed by atoms with Gasteiger partial charge >= 0.3 is 6.18 Å². The van der Waals surface area contributed by atoms with Gasteiger partial charge in [-0.1, -0.05) is 25.1 Å². The van der Waals surface area contributed by atoms with Gasteiger partial charge in [-0.2, -0.15) is 13.2 Å². The average Bonchev–Trinajstić information content (AvgIpc) is 2.66. The monoisotopic (exact) mass is 451 g/mol. The molecule has 0 saturated heterocycles. The molecule has 2 aromatic rings. The van der Waals surface area contributed by atoms with Gasteiger partial charge in [0.15, 0.2) is 0 Å². The van der Waals surface area contributed by atoms with Crippen molar-refractivity contribution in [1.29, 1.82) is 0 Å². The molecule has 0 aliphatic rings. The molecule has 0 heterocycles. The quantitative estimate of drug-likeness (QED) is 0.643. The Kier molecular flexibility index (Phi) is 7.10. The molecule has 1 atom stereocenters. The molecule has 0 spiro atoms. The minimum Gasteiger partial charge on any atom is -0.396 e. The summed E-state index contributed by atoms with van der Waals surface area (Å²) in [7, 11) is -8.89. The predicted octanol–water partition coefficient (Wildman–Crippen LogP) is 2.84. The molecule has 29 heavy (non-hydrogen) atoms. The predicted molar refractivity (Wildman–Crippen MR) is 99.4 cm³/mol. The zero-order chi connectivity index (χ0) is 21.9. The minimum absolute atomic E-state index is 0.173. The minimum atomic E-state index is -5.00. The van der Waals surface area contributed by atoms with Crippen LogP contribution in [0, 0.1) is 5.92 Å². The number of aliphatic hydroxyl groups is 1. The van der Waals surface area contributed by atoms with E-state index in [0.717, 1.165) is 6.07 Å². The second-order valence-electron chi connectivity index (χ2n) is 6.44. The lowest BCUT2D eigenvalue weighted by atomic mass is 10.1. The van der Waals surface area contributed by atoms with Gasteiger partial charge in [0.25, 0.3) is 0 Å². The fourth-order valence-corrected chi connectivity index (χ4v) is 5.31. The van der Waals surface area contributed by atoms with Crippen molar-refractivity contribution in [2.45, 2.75) is 34.2 Å². The average molecular weight is 451 g/mol. The molecule has 1 unspecified atom stereocenters. The Morgan fingerprint density at radius 2 is 1.62 bits per heavy atom. The van der Waals surface area contributed by atoms with E-state index >= 15 is 0 Å². The van der Waals surface area contributed by atoms with E-state index < -0.39 is 41.4 Å². The highest BCUT2D eigenvalue weighted by molar-refractivity contribution is 7.91. The van der Waals surface area contributed by atoms with E-state index in [4.69, 9.17) is 5.11 Å². The van der Waals surface area contributed by atoms with Crippen LogP contribution >= 0.6 is 0 Å². The van der Waals surface area contributed by atoms with Crippen molar-refractivity contribution in [3.63, 3.8) is 0 Å². The number of sulfonamides is 1. The van der Waals surface area contributed by atoms with E-state index in [9.17, 15) is 30.0 Å². The van der Waals surface area contributed by atoms with Crippen molar-refractivity contribution in [2.75, 3.05) is 13.2 Å². The molecule has 11 heteroatoms. The van der Waals surface area contributed by atoms with Gasteiger partial charge in [-0.15, -0.1) is 0 Å². The Morgan fingerprint density at radius 1 is 1.00 bits per heavy atom. The highest BCUT2D eigenvalue weighted by atomic mass is 32.2. The molecule has 0 aliphatic carbocycles. The molecule has 0 fully saturated rings. The summed E-state index contributed by atoms with van der Waals surface area (Å²) in [6.45, 7) is 1.19. The highest BCUT2D eigenvalue weighted by Gasteiger charge is 2.38. The Labute approximate surface area is 167 Å². The summed E-state index contributed by atoms with van der Waals surface area (Å²) < 4.78 is 92.7. The van der Waals surface area contributed by atoms with Crippen LogP contribution in [0.1, 0.15) is 18.9 Å². The van der Waals surface area contributed by atoms with Gasteiger partial charge < -0.3 is 5.11 Å². The molecular weight excluding hydrogens is 431 g/mol. The number of sulfone groups is 1. The van der Waals surface area contributed by atoms with Crippen molar-refractivity contribution in [2.24, 2.45) is 5.92 Å². The number of halogens is 3. The van der Waals surface area contributed by atoms with Crippen LogP contribution in [0.5, 0.6) is 0 Å². The number of hydrogen-bond acceptors (Lipinski definition) is 5. The van der Waals surface area contributed by atoms with Crippen LogP contribution in [-0.4, -0.2) is 35.1 Å². The molecule has 2 N–H and O–H groups in total. The van der Waals surface area contributed by atoms with Gasteiger partial charge in [0.2, 0.25) is 19.9 Å². The lowest BCUT2D eigenvalue weighted by Crippen LogP contribution is -2.30. The van der Waals surface area contributed by atoms with Crippen LogP contribution < -0.4 is 4.72 Å². The third-order valence-electron chi connectivity index (χ3n) is 4.16. The summed E-state index contributed by atoms with van der Waals surface area (Å²) in [5.41, 5.74) is -1.47. The number of alkyl halides is 3. The Bertz CT molecular complexity index is 1050. The maximum Gasteiger partial charge on any atom is 0.417 e. The Balaban J connectivity index is 2.56. The SMILES string of the molecule is CC(CCO)CNS(=O)(=O)c1cc(S(=O)(=O)c2ccccc2)ccc1C(F)(F)F. The summed E-state index contributed by atoms with van der Waals surface area (Å²) >= 11 is 0. The Morgan fingerprint density at radius 3 is 2.17 bits per heavy atom. The molecule has 0 aromatic heterocycles. The van der Waals surface area contributed by atoms with Crippen molar-refractivity contribution < 1.29 is 35.1 Å². The third kappa shape index (κ3) is 5.56. The van der Waals surface area contributed by atoms with Crippen LogP contribution in [0.15, 0.2) is 63.2 Å². The zero-order valence-corrected chi connectivity index (χ0v) is 17.0. The molecular formula is C18H20F3NO5S2. The van der Waals surface area contributed by atoms with Crippen molar-refractivity contribution in [1.82, 2.24) is 4.72 Å². The van der Waals surface area contributed by atoms with Crippen molar-refractivity contribution >= 4 is 19.9 Å². The van der Waals surface area contributed by atoms with E-state index in [0.29, 0.717) is 12.1 Å². The molecule has 160 valence electrons. The van der Waals surface area contributed by atoms with E-state index in [-0.39, 0.29) is 30.4 Å². The normalized spacial score (nSPS) is 14.0. The number of hydrogen-bond donors (Lipinski definition) is 2. The molecule has 2 aromatic carbocycles. The molecule has 0 aliphatic heterocycles. The summed E-state index contributed by atoms with van der Waals surface area (Å²) in [4.78, 5) is -1.91. The maximum atomic E-state index is 13.4. The maximum absolute atomic E-state index is 13.4. The first-order valence-corrected chi connectivity index (χ1v) is 11.5. The number of nitrogens with one attached hydrogen (secondary N) is 1. The van der Waals surface area contributed by atoms with Crippen LogP contribution in [0.2, 0.25) is 0 Å². The van der Waals surface area contributed by atoms with Gasteiger partial charge in [-0.3, -0.25) is 0 Å². The smallest absolute Gasteiger partial charge is 0.396 e. The van der Waals surface area contributed by atoms with Gasteiger partial charge in [0.05, 0.1) is 20.2 Å². The van der Waals surface area contributed by atoms with Gasteiger partial charge in [-0.25, -0.2) is 21.6 Å². The first kappa shape index (κ1) is 23.3. The van der Waals surface area contributed by atoms with Crippen LogP contribution in [0.3, 0.4) is 0 Å².